The summed E-state index contributed by atoms with van der Waals surface area (Å²) in [5, 5.41) is -1.89. The van der Waals surface area contributed by atoms with Crippen LogP contribution in [-0.4, -0.2) is 15.0 Å². The highest BCUT2D eigenvalue weighted by molar-refractivity contribution is 8.28. The Morgan fingerprint density at radius 2 is 1.10 bits per heavy atom. The molecule has 59 heavy (non-hydrogen) atoms. The minimum Gasteiger partial charge on any atom is -0.458 e. The Morgan fingerprint density at radius 3 is 1.88 bits per heavy atom. The molecule has 5 heteroatoms. The van der Waals surface area contributed by atoms with E-state index in [1.165, 1.54) is 0 Å². The van der Waals surface area contributed by atoms with E-state index < -0.39 is 243 Å². The van der Waals surface area contributed by atoms with E-state index in [4.69, 9.17) is 28.0 Å². The van der Waals surface area contributed by atoms with Crippen molar-refractivity contribution in [2.45, 2.75) is 4.90 Å². The van der Waals surface area contributed by atoms with Crippen LogP contribution in [0, 0.1) is 0 Å². The molecule has 272 valence electrons. The van der Waals surface area contributed by atoms with E-state index in [1.807, 2.05) is 0 Å². The number of fused-ring (bicyclic) bond motifs is 13. The molecule has 0 amide bonds. The highest BCUT2D eigenvalue weighted by atomic mass is 32.2. The maximum Gasteiger partial charge on any atom is 0.289 e. The van der Waals surface area contributed by atoms with Gasteiger partial charge in [0.1, 0.15) is 11.5 Å². The van der Waals surface area contributed by atoms with Gasteiger partial charge in [0.05, 0.1) is 73.0 Å². The molecule has 0 unspecified atom stereocenters. The second-order valence-corrected chi connectivity index (χ2v) is 14.8. The van der Waals surface area contributed by atoms with Crippen molar-refractivity contribution in [3.8, 4) is 50.6 Å². The summed E-state index contributed by atoms with van der Waals surface area (Å²) in [5.41, 5.74) is -5.97. The summed E-state index contributed by atoms with van der Waals surface area (Å²) >= 11 is 0.733. The van der Waals surface area contributed by atoms with Gasteiger partial charge in [-0.2, -0.15) is 11.6 Å². The lowest BCUT2D eigenvalue weighted by molar-refractivity contribution is 0.488. The smallest absolute Gasteiger partial charge is 0.289 e. The van der Waals surface area contributed by atoms with Gasteiger partial charge in [0.15, 0.2) is 0 Å². The Labute approximate surface area is 384 Å². The second-order valence-electron chi connectivity index (χ2n) is 13.7. The first kappa shape index (κ1) is 15.2. The Kier molecular flexibility index (Phi) is 3.01. The fourth-order valence-corrected chi connectivity index (χ4v) is 9.57. The van der Waals surface area contributed by atoms with Crippen LogP contribution in [0.3, 0.4) is 0 Å². The molecule has 0 bridgehead atoms. The molecule has 0 saturated carbocycles. The van der Waals surface area contributed by atoms with E-state index >= 15 is 0 Å². The van der Waals surface area contributed by atoms with E-state index in [-0.39, 0.29) is 64.9 Å². The van der Waals surface area contributed by atoms with Crippen molar-refractivity contribution in [3.63, 3.8) is 0 Å². The second kappa shape index (κ2) is 11.7. The fourth-order valence-electron chi connectivity index (χ4n) is 8.32. The van der Waals surface area contributed by atoms with Crippen LogP contribution in [0.15, 0.2) is 192 Å². The van der Waals surface area contributed by atoms with Gasteiger partial charge in [-0.15, -0.1) is 0 Å². The molecule has 14 rings (SSSR count). The maximum atomic E-state index is 10.2. The van der Waals surface area contributed by atoms with Crippen LogP contribution >= 0.6 is 11.6 Å². The predicted octanol–water partition coefficient (Wildman–Crippen LogP) is 13.3. The van der Waals surface area contributed by atoms with Crippen molar-refractivity contribution < 1.29 is 44.5 Å². The highest BCUT2D eigenvalue weighted by Gasteiger charge is 2.39. The van der Waals surface area contributed by atoms with Gasteiger partial charge >= 0.3 is 0 Å². The molecule has 9 aromatic carbocycles. The molecule has 2 aliphatic heterocycles. The van der Waals surface area contributed by atoms with E-state index in [0.717, 1.165) is 32.7 Å². The van der Waals surface area contributed by atoms with Crippen LogP contribution < -0.4 is 15.7 Å². The molecule has 5 heterocycles. The minimum absolute atomic E-state index is 0.143. The molecular formula is C54H31BN2OS. The quantitative estimate of drug-likeness (QED) is 0.166. The van der Waals surface area contributed by atoms with Gasteiger partial charge in [-0.25, -0.2) is 0 Å². The molecule has 3 nitrogen and oxygen atoms in total. The molecule has 0 saturated heterocycles. The fraction of sp³-hybridized carbons (Fsp3) is 0. The van der Waals surface area contributed by atoms with Crippen molar-refractivity contribution in [2.24, 2.45) is 0 Å². The molecular weight excluding hydrogens is 735 g/mol. The first-order valence-corrected chi connectivity index (χ1v) is 18.8. The average Bonchev–Trinajstić information content (AvgIpc) is 1.40. The van der Waals surface area contributed by atoms with Crippen LogP contribution in [0.2, 0.25) is 0 Å². The lowest BCUT2D eigenvalue weighted by Crippen LogP contribution is -2.46. The number of benzene rings is 9. The van der Waals surface area contributed by atoms with Crippen molar-refractivity contribution in [1.82, 2.24) is 8.97 Å². The number of para-hydroxylation sites is 5. The molecule has 12 aromatic rings. The van der Waals surface area contributed by atoms with Crippen LogP contribution in [0.5, 0.6) is 11.5 Å². The molecule has 3 aromatic heterocycles. The lowest BCUT2D eigenvalue weighted by atomic mass is 9.57. The highest BCUT2D eigenvalue weighted by Crippen LogP contribution is 2.47. The van der Waals surface area contributed by atoms with Gasteiger partial charge in [0, 0.05) is 42.8 Å². The van der Waals surface area contributed by atoms with Crippen LogP contribution in [0.1, 0.15) is 39.8 Å². The lowest BCUT2D eigenvalue weighted by Gasteiger charge is -2.33. The number of ether oxygens (including phenoxy) is 1. The van der Waals surface area contributed by atoms with E-state index in [9.17, 15) is 16.4 Å². The summed E-state index contributed by atoms with van der Waals surface area (Å²) in [6.07, 6.45) is 0. The van der Waals surface area contributed by atoms with Crippen LogP contribution in [0.4, 0.5) is 0 Å². The van der Waals surface area contributed by atoms with Gasteiger partial charge in [0.2, 0.25) is 0 Å². The Bertz CT molecular complexity index is 5360. The van der Waals surface area contributed by atoms with Crippen LogP contribution in [0.25, 0.3) is 99.0 Å². The summed E-state index contributed by atoms with van der Waals surface area (Å²) < 4.78 is 276. The van der Waals surface area contributed by atoms with Crippen molar-refractivity contribution in [3.05, 3.63) is 187 Å². The number of aromatic nitrogens is 2. The zero-order chi connectivity index (χ0) is 63.6. The van der Waals surface area contributed by atoms with Gasteiger partial charge < -0.3 is 13.7 Å². The van der Waals surface area contributed by atoms with E-state index in [0.29, 0.717) is 0 Å². The third kappa shape index (κ3) is 4.30. The minimum atomic E-state index is -1.44. The van der Waals surface area contributed by atoms with Gasteiger partial charge in [-0.1, -0.05) is 121 Å². The third-order valence-corrected chi connectivity index (χ3v) is 12.0. The summed E-state index contributed by atoms with van der Waals surface area (Å²) in [6, 6.07) is -19.6. The number of hydrogen-bond donors (Lipinski definition) is 0. The van der Waals surface area contributed by atoms with E-state index in [1.54, 1.807) is 0 Å². The first-order valence-electron chi connectivity index (χ1n) is 32.4. The maximum absolute atomic E-state index is 10.2. The molecule has 2 aliphatic rings. The Hall–Kier alpha value is -7.21. The molecule has 0 aliphatic carbocycles. The van der Waals surface area contributed by atoms with Gasteiger partial charge in [-0.05, 0) is 105 Å². The summed E-state index contributed by atoms with van der Waals surface area (Å²) in [6.45, 7) is 0. The summed E-state index contributed by atoms with van der Waals surface area (Å²) in [4.78, 5) is -0.226. The zero-order valence-electron chi connectivity index (χ0n) is 58.4. The molecule has 0 radical (unpaired) electrons. The monoisotopic (exact) mass is 795 g/mol. The number of nitrogens with zero attached hydrogens (tertiary/aromatic N) is 2. The topological polar surface area (TPSA) is 18.6 Å². The molecule has 0 fully saturated rings. The van der Waals surface area contributed by atoms with Crippen LogP contribution in [-0.2, 0) is 0 Å². The van der Waals surface area contributed by atoms with Gasteiger partial charge in [-0.3, -0.25) is 0 Å². The third-order valence-electron chi connectivity index (χ3n) is 10.7. The van der Waals surface area contributed by atoms with Crippen molar-refractivity contribution in [1.29, 1.82) is 0 Å². The molecule has 0 N–H and O–H groups in total. The number of rotatable bonds is 3. The average molecular weight is 796 g/mol. The first-order chi connectivity index (χ1) is 41.3. The molecule has 0 atom stereocenters. The van der Waals surface area contributed by atoms with Gasteiger partial charge in [0.25, 0.3) is 5.99 Å². The standard InChI is InChI=1S/C54H31BN2OS/c1-7-19-45(56-46-20-8-2-14-36(46)37-15-3-9-21-47(37)56)35(13-1)34-29-41-40-18-6-12-24-52(40)59-55-44-26-25-32(30-50(44)58-51(31-34)53(41)55)33-27-42-38-16-4-10-22-48(38)57-49-23-11-5-17-39(49)43(28-33)54(42)57/h1-31H/i1D,2D,3D,4D,5D,6D,7D,8D,10D,11D,12D,13D,14D,15D,16D,17D,18D,19D,20D,21D,22D,23D,24D,25D,26D,27D,28D,29D,31D. The SMILES string of the molecule is [2H]c1cc([2H])c2c(c1[2H])c1c([2H])c([2H])c([2H])c([2H])c1n2-c1c([2H])c([2H])c([2H])c([2H])c1-c1c([2H])c2c3c(c1[2H])-c1c([2H])c([2H])c([2H])c([2H])c1SB3c1c(cc(-c3c([2H])c4c5c([2H])c([2H])c([2H])c([2H])c5n5c6c([2H])c([2H])c([2H])c([2H])c6c(c3[2H])c45)c([2H])c1[2H])O2. The van der Waals surface area contributed by atoms with Crippen molar-refractivity contribution in [2.75, 3.05) is 0 Å². The summed E-state index contributed by atoms with van der Waals surface area (Å²) in [5.74, 6) is -2.40. The van der Waals surface area contributed by atoms with E-state index in [2.05, 4.69) is 0 Å². The zero-order valence-corrected chi connectivity index (χ0v) is 30.3. The molecule has 0 spiro atoms. The normalized spacial score (nSPS) is 20.0. The predicted molar refractivity (Wildman–Crippen MR) is 249 cm³/mol. The Morgan fingerprint density at radius 1 is 0.475 bits per heavy atom. The Balaban J connectivity index is 1.13. The van der Waals surface area contributed by atoms with Crippen molar-refractivity contribution >= 4 is 88.4 Å². The summed E-state index contributed by atoms with van der Waals surface area (Å²) in [7, 11) is 0. The largest absolute Gasteiger partial charge is 0.458 e. The number of hydrogen-bond acceptors (Lipinski definition) is 2.